The van der Waals surface area contributed by atoms with Crippen molar-refractivity contribution in [1.82, 2.24) is 4.98 Å². The van der Waals surface area contributed by atoms with E-state index >= 15 is 0 Å². The molecule has 16 heavy (non-hydrogen) atoms. The average molecular weight is 253 g/mol. The zero-order chi connectivity index (χ0) is 11.1. The minimum Gasteiger partial charge on any atom is -0.485 e. The van der Waals surface area contributed by atoms with Gasteiger partial charge in [0.05, 0.1) is 5.69 Å². The van der Waals surface area contributed by atoms with Gasteiger partial charge in [-0.3, -0.25) is 0 Å². The molecule has 0 atom stereocenters. The lowest BCUT2D eigenvalue weighted by molar-refractivity contribution is 0.174. The lowest BCUT2D eigenvalue weighted by atomic mass is 10.4. The van der Waals surface area contributed by atoms with Gasteiger partial charge in [-0.25, -0.2) is 4.98 Å². The molecule has 84 valence electrons. The summed E-state index contributed by atoms with van der Waals surface area (Å²) in [7, 11) is 0. The smallest absolute Gasteiger partial charge is 0.182 e. The van der Waals surface area contributed by atoms with Gasteiger partial charge < -0.3 is 9.47 Å². The SMILES string of the molecule is Cc1nc(-c2scc3c2OCCO3)sc1C. The predicted molar refractivity (Wildman–Crippen MR) is 65.9 cm³/mol. The minimum atomic E-state index is 0.625. The van der Waals surface area contributed by atoms with Crippen molar-refractivity contribution in [2.75, 3.05) is 13.2 Å². The Morgan fingerprint density at radius 3 is 2.81 bits per heavy atom. The van der Waals surface area contributed by atoms with Gasteiger partial charge in [0.2, 0.25) is 0 Å². The third kappa shape index (κ3) is 1.51. The van der Waals surface area contributed by atoms with E-state index in [0.29, 0.717) is 13.2 Å². The monoisotopic (exact) mass is 253 g/mol. The molecule has 3 rings (SSSR count). The van der Waals surface area contributed by atoms with Crippen molar-refractivity contribution >= 4 is 22.7 Å². The van der Waals surface area contributed by atoms with E-state index in [1.54, 1.807) is 22.7 Å². The van der Waals surface area contributed by atoms with Crippen LogP contribution in [0.15, 0.2) is 5.38 Å². The zero-order valence-electron chi connectivity index (χ0n) is 9.07. The van der Waals surface area contributed by atoms with Gasteiger partial charge in [0.25, 0.3) is 0 Å². The number of nitrogens with zero attached hydrogens (tertiary/aromatic N) is 1. The molecule has 0 saturated heterocycles. The van der Waals surface area contributed by atoms with Gasteiger partial charge in [0, 0.05) is 10.3 Å². The molecular weight excluding hydrogens is 242 g/mol. The molecule has 2 aromatic rings. The fourth-order valence-electron chi connectivity index (χ4n) is 1.58. The molecule has 2 aromatic heterocycles. The third-order valence-electron chi connectivity index (χ3n) is 2.52. The van der Waals surface area contributed by atoms with Crippen LogP contribution in [0.3, 0.4) is 0 Å². The maximum Gasteiger partial charge on any atom is 0.182 e. The number of rotatable bonds is 1. The molecule has 0 N–H and O–H groups in total. The fourth-order valence-corrected chi connectivity index (χ4v) is 3.51. The maximum atomic E-state index is 5.65. The second kappa shape index (κ2) is 3.75. The van der Waals surface area contributed by atoms with Gasteiger partial charge in [-0.1, -0.05) is 0 Å². The Hall–Kier alpha value is -1.07. The highest BCUT2D eigenvalue weighted by molar-refractivity contribution is 7.21. The Bertz CT molecular complexity index is 511. The number of hydrogen-bond donors (Lipinski definition) is 0. The van der Waals surface area contributed by atoms with Crippen LogP contribution < -0.4 is 9.47 Å². The molecule has 0 saturated carbocycles. The Morgan fingerprint density at radius 2 is 2.06 bits per heavy atom. The van der Waals surface area contributed by atoms with Crippen molar-refractivity contribution in [3.63, 3.8) is 0 Å². The van der Waals surface area contributed by atoms with E-state index in [1.807, 2.05) is 12.3 Å². The minimum absolute atomic E-state index is 0.625. The van der Waals surface area contributed by atoms with E-state index in [1.165, 1.54) is 4.88 Å². The van der Waals surface area contributed by atoms with E-state index < -0.39 is 0 Å². The first kappa shape index (κ1) is 10.1. The number of hydrogen-bond acceptors (Lipinski definition) is 5. The highest BCUT2D eigenvalue weighted by atomic mass is 32.1. The van der Waals surface area contributed by atoms with Gasteiger partial charge in [0.15, 0.2) is 11.5 Å². The van der Waals surface area contributed by atoms with Crippen LogP contribution in [-0.4, -0.2) is 18.2 Å². The zero-order valence-corrected chi connectivity index (χ0v) is 10.7. The maximum absolute atomic E-state index is 5.65. The lowest BCUT2D eigenvalue weighted by Gasteiger charge is -2.15. The first-order valence-electron chi connectivity index (χ1n) is 5.07. The molecule has 3 heterocycles. The highest BCUT2D eigenvalue weighted by Gasteiger charge is 2.21. The fraction of sp³-hybridized carbons (Fsp3) is 0.364. The van der Waals surface area contributed by atoms with Crippen LogP contribution in [0.1, 0.15) is 10.6 Å². The molecule has 0 spiro atoms. The average Bonchev–Trinajstić information content (AvgIpc) is 2.83. The van der Waals surface area contributed by atoms with Crippen LogP contribution in [0.4, 0.5) is 0 Å². The summed E-state index contributed by atoms with van der Waals surface area (Å²) in [5.41, 5.74) is 1.10. The molecule has 0 amide bonds. The first-order valence-corrected chi connectivity index (χ1v) is 6.77. The van der Waals surface area contributed by atoms with Crippen LogP contribution >= 0.6 is 22.7 Å². The molecule has 0 radical (unpaired) electrons. The Labute approximate surface area is 102 Å². The molecule has 3 nitrogen and oxygen atoms in total. The summed E-state index contributed by atoms with van der Waals surface area (Å²) in [5, 5.41) is 3.03. The van der Waals surface area contributed by atoms with Crippen molar-refractivity contribution in [2.24, 2.45) is 0 Å². The second-order valence-electron chi connectivity index (χ2n) is 3.62. The lowest BCUT2D eigenvalue weighted by Crippen LogP contribution is -2.14. The number of fused-ring (bicyclic) bond motifs is 1. The van der Waals surface area contributed by atoms with E-state index in [4.69, 9.17) is 9.47 Å². The summed E-state index contributed by atoms with van der Waals surface area (Å²) < 4.78 is 11.2. The summed E-state index contributed by atoms with van der Waals surface area (Å²) in [5.74, 6) is 1.72. The molecule has 5 heteroatoms. The highest BCUT2D eigenvalue weighted by Crippen LogP contribution is 2.46. The van der Waals surface area contributed by atoms with Gasteiger partial charge in [-0.15, -0.1) is 22.7 Å². The molecule has 0 aromatic carbocycles. The van der Waals surface area contributed by atoms with Gasteiger partial charge >= 0.3 is 0 Å². The Morgan fingerprint density at radius 1 is 1.25 bits per heavy atom. The number of ether oxygens (including phenoxy) is 2. The van der Waals surface area contributed by atoms with Crippen molar-refractivity contribution in [3.8, 4) is 21.4 Å². The van der Waals surface area contributed by atoms with Crippen molar-refractivity contribution in [2.45, 2.75) is 13.8 Å². The molecular formula is C11H11NO2S2. The van der Waals surface area contributed by atoms with E-state index in [-0.39, 0.29) is 0 Å². The second-order valence-corrected chi connectivity index (χ2v) is 5.70. The summed E-state index contributed by atoms with van der Waals surface area (Å²) >= 11 is 3.35. The number of thiazole rings is 1. The standard InChI is InChI=1S/C11H11NO2S2/c1-6-7(2)16-11(12-6)10-9-8(5-15-10)13-3-4-14-9/h5H,3-4H2,1-2H3. The molecule has 1 aliphatic heterocycles. The van der Waals surface area contributed by atoms with Gasteiger partial charge in [0.1, 0.15) is 23.1 Å². The molecule has 0 bridgehead atoms. The van der Waals surface area contributed by atoms with Crippen LogP contribution in [0, 0.1) is 13.8 Å². The number of aromatic nitrogens is 1. The summed E-state index contributed by atoms with van der Waals surface area (Å²) in [4.78, 5) is 6.91. The van der Waals surface area contributed by atoms with Crippen molar-refractivity contribution in [1.29, 1.82) is 0 Å². The van der Waals surface area contributed by atoms with E-state index in [9.17, 15) is 0 Å². The Balaban J connectivity index is 2.09. The van der Waals surface area contributed by atoms with Crippen molar-refractivity contribution in [3.05, 3.63) is 16.0 Å². The quantitative estimate of drug-likeness (QED) is 0.781. The van der Waals surface area contributed by atoms with Gasteiger partial charge in [-0.2, -0.15) is 0 Å². The summed E-state index contributed by atoms with van der Waals surface area (Å²) in [6.07, 6.45) is 0. The summed E-state index contributed by atoms with van der Waals surface area (Å²) in [6, 6.07) is 0. The largest absolute Gasteiger partial charge is 0.485 e. The number of aryl methyl sites for hydroxylation is 2. The van der Waals surface area contributed by atoms with Crippen molar-refractivity contribution < 1.29 is 9.47 Å². The predicted octanol–water partition coefficient (Wildman–Crippen LogP) is 3.26. The molecule has 0 aliphatic carbocycles. The topological polar surface area (TPSA) is 31.4 Å². The van der Waals surface area contributed by atoms with E-state index in [0.717, 1.165) is 27.1 Å². The molecule has 0 unspecified atom stereocenters. The van der Waals surface area contributed by atoms with E-state index in [2.05, 4.69) is 11.9 Å². The molecule has 0 fully saturated rings. The normalized spacial score (nSPS) is 14.1. The first-order chi connectivity index (χ1) is 7.75. The third-order valence-corrected chi connectivity index (χ3v) is 4.69. The van der Waals surface area contributed by atoms with Gasteiger partial charge in [-0.05, 0) is 13.8 Å². The Kier molecular flexibility index (Phi) is 2.37. The summed E-state index contributed by atoms with van der Waals surface area (Å²) in [6.45, 7) is 5.39. The van der Waals surface area contributed by atoms with Crippen LogP contribution in [-0.2, 0) is 0 Å². The molecule has 1 aliphatic rings. The van der Waals surface area contributed by atoms with Crippen LogP contribution in [0.5, 0.6) is 11.5 Å². The van der Waals surface area contributed by atoms with Crippen LogP contribution in [0.2, 0.25) is 0 Å². The number of thiophene rings is 1. The van der Waals surface area contributed by atoms with Crippen LogP contribution in [0.25, 0.3) is 9.88 Å².